The standard InChI is InChI=1S/C12H22F3NO3S/c1-11(2,3)19-10(18)8(16)4-6-20-7-5-9(17)12(13,14)15/h8-9,17H,4-7,16H2,1-3H3. The molecule has 0 bridgehead atoms. The number of carbonyl (C=O) groups excluding carboxylic acids is 1. The van der Waals surface area contributed by atoms with Gasteiger partial charge in [-0.15, -0.1) is 0 Å². The molecule has 0 aromatic carbocycles. The highest BCUT2D eigenvalue weighted by Gasteiger charge is 2.37. The Balaban J connectivity index is 3.78. The molecule has 0 aliphatic rings. The lowest BCUT2D eigenvalue weighted by atomic mass is 10.2. The van der Waals surface area contributed by atoms with E-state index in [9.17, 15) is 18.0 Å². The SMILES string of the molecule is CC(C)(C)OC(=O)C(N)CCSCCC(O)C(F)(F)F. The summed E-state index contributed by atoms with van der Waals surface area (Å²) in [4.78, 5) is 11.5. The highest BCUT2D eigenvalue weighted by atomic mass is 32.2. The molecule has 0 aliphatic carbocycles. The Hall–Kier alpha value is -0.470. The molecule has 2 unspecified atom stereocenters. The van der Waals surface area contributed by atoms with Crippen molar-refractivity contribution < 1.29 is 27.8 Å². The van der Waals surface area contributed by atoms with E-state index >= 15 is 0 Å². The summed E-state index contributed by atoms with van der Waals surface area (Å²) in [6.45, 7) is 5.18. The summed E-state index contributed by atoms with van der Waals surface area (Å²) in [5.74, 6) is 0.0700. The van der Waals surface area contributed by atoms with Crippen LogP contribution < -0.4 is 5.73 Å². The second-order valence-corrected chi connectivity index (χ2v) is 6.61. The Bertz CT molecular complexity index is 305. The van der Waals surface area contributed by atoms with E-state index in [1.807, 2.05) is 0 Å². The van der Waals surface area contributed by atoms with Crippen LogP contribution in [-0.2, 0) is 9.53 Å². The predicted octanol–water partition coefficient (Wildman–Crippen LogP) is 2.09. The monoisotopic (exact) mass is 317 g/mol. The second kappa shape index (κ2) is 8.09. The summed E-state index contributed by atoms with van der Waals surface area (Å²) in [6.07, 6.45) is -6.92. The molecule has 0 amide bonds. The fourth-order valence-corrected chi connectivity index (χ4v) is 2.18. The molecule has 0 aromatic heterocycles. The first-order valence-corrected chi connectivity index (χ1v) is 7.40. The van der Waals surface area contributed by atoms with Gasteiger partial charge in [-0.2, -0.15) is 24.9 Å². The summed E-state index contributed by atoms with van der Waals surface area (Å²) in [5, 5.41) is 8.77. The van der Waals surface area contributed by atoms with Crippen molar-refractivity contribution in [1.82, 2.24) is 0 Å². The third-order valence-corrected chi connectivity index (χ3v) is 3.24. The van der Waals surface area contributed by atoms with Crippen LogP contribution in [0.5, 0.6) is 0 Å². The van der Waals surface area contributed by atoms with Gasteiger partial charge in [0.25, 0.3) is 0 Å². The molecule has 20 heavy (non-hydrogen) atoms. The third-order valence-electron chi connectivity index (χ3n) is 2.20. The molecule has 0 saturated heterocycles. The number of carbonyl (C=O) groups is 1. The van der Waals surface area contributed by atoms with Crippen molar-refractivity contribution in [3.63, 3.8) is 0 Å². The minimum absolute atomic E-state index is 0.154. The van der Waals surface area contributed by atoms with Crippen molar-refractivity contribution in [3.8, 4) is 0 Å². The fourth-order valence-electron chi connectivity index (χ4n) is 1.17. The number of ether oxygens (including phenoxy) is 1. The molecule has 0 saturated carbocycles. The summed E-state index contributed by atoms with van der Waals surface area (Å²) in [7, 11) is 0. The Kier molecular flexibility index (Phi) is 7.90. The normalized spacial score (nSPS) is 15.8. The second-order valence-electron chi connectivity index (χ2n) is 5.39. The number of hydrogen-bond donors (Lipinski definition) is 2. The van der Waals surface area contributed by atoms with Gasteiger partial charge in [-0.25, -0.2) is 0 Å². The molecule has 0 heterocycles. The van der Waals surface area contributed by atoms with Gasteiger partial charge in [0.1, 0.15) is 11.6 Å². The Labute approximate surface area is 121 Å². The molecule has 0 radical (unpaired) electrons. The maximum atomic E-state index is 12.0. The first-order chi connectivity index (χ1) is 8.93. The zero-order chi connectivity index (χ0) is 16.0. The summed E-state index contributed by atoms with van der Waals surface area (Å²) in [5.41, 5.74) is 5.01. The molecule has 4 nitrogen and oxygen atoms in total. The summed E-state index contributed by atoms with van der Waals surface area (Å²) < 4.78 is 41.1. The van der Waals surface area contributed by atoms with Gasteiger partial charge in [0.05, 0.1) is 0 Å². The Morgan fingerprint density at radius 3 is 2.20 bits per heavy atom. The van der Waals surface area contributed by atoms with E-state index in [1.165, 1.54) is 11.8 Å². The van der Waals surface area contributed by atoms with Crippen molar-refractivity contribution in [2.75, 3.05) is 11.5 Å². The van der Waals surface area contributed by atoms with Crippen LogP contribution in [0, 0.1) is 0 Å². The number of thioether (sulfide) groups is 1. The van der Waals surface area contributed by atoms with E-state index in [2.05, 4.69) is 0 Å². The number of halogens is 3. The zero-order valence-corrected chi connectivity index (χ0v) is 12.7. The lowest BCUT2D eigenvalue weighted by Crippen LogP contribution is -2.37. The molecule has 2 atom stereocenters. The van der Waals surface area contributed by atoms with Crippen LogP contribution in [0.1, 0.15) is 33.6 Å². The number of nitrogens with two attached hydrogens (primary N) is 1. The van der Waals surface area contributed by atoms with Crippen molar-refractivity contribution in [2.45, 2.75) is 57.5 Å². The van der Waals surface area contributed by atoms with Crippen LogP contribution in [0.3, 0.4) is 0 Å². The molecule has 0 spiro atoms. The lowest BCUT2D eigenvalue weighted by molar-refractivity contribution is -0.203. The van der Waals surface area contributed by atoms with E-state index < -0.39 is 29.9 Å². The topological polar surface area (TPSA) is 72.5 Å². The molecular formula is C12H22F3NO3S. The molecule has 0 aromatic rings. The number of esters is 1. The molecule has 0 fully saturated rings. The van der Waals surface area contributed by atoms with Crippen LogP contribution in [0.2, 0.25) is 0 Å². The number of alkyl halides is 3. The van der Waals surface area contributed by atoms with Crippen LogP contribution in [0.15, 0.2) is 0 Å². The predicted molar refractivity (Wildman–Crippen MR) is 72.4 cm³/mol. The molecular weight excluding hydrogens is 295 g/mol. The minimum atomic E-state index is -4.58. The van der Waals surface area contributed by atoms with Crippen LogP contribution in [-0.4, -0.2) is 46.5 Å². The average molecular weight is 317 g/mol. The summed E-state index contributed by atoms with van der Waals surface area (Å²) >= 11 is 1.21. The molecule has 8 heteroatoms. The molecule has 0 aliphatic heterocycles. The van der Waals surface area contributed by atoms with Gasteiger partial charge in [-0.3, -0.25) is 4.79 Å². The van der Waals surface area contributed by atoms with Crippen molar-refractivity contribution in [3.05, 3.63) is 0 Å². The fraction of sp³-hybridized carbons (Fsp3) is 0.917. The number of aliphatic hydroxyl groups excluding tert-OH is 1. The molecule has 3 N–H and O–H groups in total. The molecule has 120 valence electrons. The average Bonchev–Trinajstić information content (AvgIpc) is 2.24. The number of rotatable bonds is 7. The van der Waals surface area contributed by atoms with Crippen LogP contribution in [0.25, 0.3) is 0 Å². The van der Waals surface area contributed by atoms with E-state index in [4.69, 9.17) is 15.6 Å². The van der Waals surface area contributed by atoms with Gasteiger partial charge in [-0.1, -0.05) is 0 Å². The smallest absolute Gasteiger partial charge is 0.414 e. The third kappa shape index (κ3) is 9.44. The zero-order valence-electron chi connectivity index (χ0n) is 11.9. The van der Waals surface area contributed by atoms with Crippen LogP contribution in [0.4, 0.5) is 13.2 Å². The quantitative estimate of drug-likeness (QED) is 0.556. The lowest BCUT2D eigenvalue weighted by Gasteiger charge is -2.22. The van der Waals surface area contributed by atoms with Crippen molar-refractivity contribution >= 4 is 17.7 Å². The summed E-state index contributed by atoms with van der Waals surface area (Å²) in [6, 6.07) is -0.783. The van der Waals surface area contributed by atoms with Gasteiger partial charge in [0.15, 0.2) is 6.10 Å². The highest BCUT2D eigenvalue weighted by Crippen LogP contribution is 2.23. The number of aliphatic hydroxyl groups is 1. The van der Waals surface area contributed by atoms with Crippen molar-refractivity contribution in [2.24, 2.45) is 5.73 Å². The van der Waals surface area contributed by atoms with Gasteiger partial charge in [0, 0.05) is 0 Å². The van der Waals surface area contributed by atoms with Crippen LogP contribution >= 0.6 is 11.8 Å². The van der Waals surface area contributed by atoms with E-state index in [0.29, 0.717) is 12.2 Å². The van der Waals surface area contributed by atoms with E-state index in [-0.39, 0.29) is 12.2 Å². The first-order valence-electron chi connectivity index (χ1n) is 6.24. The first kappa shape index (κ1) is 19.5. The minimum Gasteiger partial charge on any atom is -0.459 e. The van der Waals surface area contributed by atoms with Gasteiger partial charge >= 0.3 is 12.1 Å². The Morgan fingerprint density at radius 2 is 1.75 bits per heavy atom. The van der Waals surface area contributed by atoms with Crippen molar-refractivity contribution in [1.29, 1.82) is 0 Å². The largest absolute Gasteiger partial charge is 0.459 e. The maximum absolute atomic E-state index is 12.0. The maximum Gasteiger partial charge on any atom is 0.414 e. The number of hydrogen-bond acceptors (Lipinski definition) is 5. The highest BCUT2D eigenvalue weighted by molar-refractivity contribution is 7.99. The van der Waals surface area contributed by atoms with E-state index in [0.717, 1.165) is 0 Å². The van der Waals surface area contributed by atoms with Gasteiger partial charge in [0.2, 0.25) is 0 Å². The Morgan fingerprint density at radius 1 is 1.25 bits per heavy atom. The van der Waals surface area contributed by atoms with E-state index in [1.54, 1.807) is 20.8 Å². The van der Waals surface area contributed by atoms with Gasteiger partial charge < -0.3 is 15.6 Å². The molecule has 0 rings (SSSR count). The van der Waals surface area contributed by atoms with Gasteiger partial charge in [-0.05, 0) is 45.1 Å².